The smallest absolute Gasteiger partial charge is 0.258 e. The van der Waals surface area contributed by atoms with Crippen molar-refractivity contribution in [2.24, 2.45) is 0 Å². The lowest BCUT2D eigenvalue weighted by atomic mass is 10.1. The average Bonchev–Trinajstić information content (AvgIpc) is 2.73. The van der Waals surface area contributed by atoms with E-state index in [0.29, 0.717) is 6.54 Å². The van der Waals surface area contributed by atoms with Crippen LogP contribution in [0.2, 0.25) is 0 Å². The number of hydrogen-bond acceptors (Lipinski definition) is 3. The second kappa shape index (κ2) is 5.80. The number of rotatable bonds is 3. The fourth-order valence-electron chi connectivity index (χ4n) is 2.30. The van der Waals surface area contributed by atoms with E-state index in [1.807, 2.05) is 38.1 Å². The molecule has 1 aromatic rings. The van der Waals surface area contributed by atoms with Crippen molar-refractivity contribution in [2.45, 2.75) is 30.5 Å². The predicted octanol–water partition coefficient (Wildman–Crippen LogP) is 3.13. The van der Waals surface area contributed by atoms with Gasteiger partial charge in [0.15, 0.2) is 4.84 Å². The van der Waals surface area contributed by atoms with Crippen LogP contribution >= 0.6 is 23.2 Å². The lowest BCUT2D eigenvalue weighted by Gasteiger charge is -2.30. The van der Waals surface area contributed by atoms with E-state index in [0.717, 1.165) is 11.3 Å². The molecule has 1 amide bonds. The summed E-state index contributed by atoms with van der Waals surface area (Å²) >= 11 is 11.3. The monoisotopic (exact) mass is 317 g/mol. The maximum Gasteiger partial charge on any atom is 0.258 e. The normalized spacial score (nSPS) is 21.3. The molecule has 1 fully saturated rings. The molecule has 1 aliphatic rings. The van der Waals surface area contributed by atoms with Gasteiger partial charge in [-0.05, 0) is 31.5 Å². The summed E-state index contributed by atoms with van der Waals surface area (Å²) in [4.78, 5) is 12.5. The van der Waals surface area contributed by atoms with E-state index in [1.54, 1.807) is 12.0 Å². The molecule has 1 atom stereocenters. The van der Waals surface area contributed by atoms with Gasteiger partial charge in [-0.1, -0.05) is 35.3 Å². The van der Waals surface area contributed by atoms with Crippen LogP contribution in [0.3, 0.4) is 0 Å². The molecule has 1 aliphatic heterocycles. The lowest BCUT2D eigenvalue weighted by Crippen LogP contribution is -2.45. The van der Waals surface area contributed by atoms with Gasteiger partial charge in [0.25, 0.3) is 5.91 Å². The third kappa shape index (κ3) is 3.03. The molecule has 6 heteroatoms. The molecule has 1 unspecified atom stereocenters. The molecule has 2 rings (SSSR count). The van der Waals surface area contributed by atoms with Crippen LogP contribution in [0.5, 0.6) is 5.75 Å². The van der Waals surface area contributed by atoms with Crippen molar-refractivity contribution in [1.29, 1.82) is 0 Å². The summed E-state index contributed by atoms with van der Waals surface area (Å²) < 4.78 is 11.1. The van der Waals surface area contributed by atoms with Gasteiger partial charge in [0.2, 0.25) is 0 Å². The highest BCUT2D eigenvalue weighted by molar-refractivity contribution is 6.53. The Bertz CT molecular complexity index is 488. The van der Waals surface area contributed by atoms with Crippen molar-refractivity contribution in [3.8, 4) is 5.75 Å². The van der Waals surface area contributed by atoms with E-state index < -0.39 is 10.6 Å². The molecule has 20 heavy (non-hydrogen) atoms. The van der Waals surface area contributed by atoms with Gasteiger partial charge in [0.05, 0.1) is 13.7 Å². The number of ether oxygens (including phenoxy) is 2. The quantitative estimate of drug-likeness (QED) is 0.804. The first-order chi connectivity index (χ1) is 9.35. The Balaban J connectivity index is 2.18. The van der Waals surface area contributed by atoms with Crippen LogP contribution in [0, 0.1) is 0 Å². The largest absolute Gasteiger partial charge is 0.497 e. The van der Waals surface area contributed by atoms with Crippen LogP contribution in [0.4, 0.5) is 0 Å². The zero-order valence-corrected chi connectivity index (χ0v) is 13.1. The molecule has 0 N–H and O–H groups in total. The Morgan fingerprint density at radius 2 is 2.00 bits per heavy atom. The highest BCUT2D eigenvalue weighted by Crippen LogP contribution is 2.37. The lowest BCUT2D eigenvalue weighted by molar-refractivity contribution is -0.144. The SMILES string of the molecule is COc1ccc(C2CN(C(=O)C(Cl)Cl)C(C)(C)O2)cc1. The van der Waals surface area contributed by atoms with Crippen molar-refractivity contribution >= 4 is 29.1 Å². The van der Waals surface area contributed by atoms with Crippen LogP contribution in [0.15, 0.2) is 24.3 Å². The van der Waals surface area contributed by atoms with E-state index in [1.165, 1.54) is 0 Å². The minimum absolute atomic E-state index is 0.202. The number of methoxy groups -OCH3 is 1. The van der Waals surface area contributed by atoms with Gasteiger partial charge < -0.3 is 14.4 Å². The average molecular weight is 318 g/mol. The van der Waals surface area contributed by atoms with Crippen LogP contribution < -0.4 is 4.74 Å². The Hall–Kier alpha value is -0.970. The third-order valence-electron chi connectivity index (χ3n) is 3.37. The van der Waals surface area contributed by atoms with Crippen LogP contribution in [0.25, 0.3) is 0 Å². The number of carbonyl (C=O) groups excluding carboxylic acids is 1. The zero-order chi connectivity index (χ0) is 14.9. The van der Waals surface area contributed by atoms with Gasteiger partial charge in [0, 0.05) is 0 Å². The molecule has 0 spiro atoms. The summed E-state index contributed by atoms with van der Waals surface area (Å²) in [6, 6.07) is 7.57. The summed E-state index contributed by atoms with van der Waals surface area (Å²) in [5.74, 6) is 0.440. The Labute approximate surface area is 128 Å². The Morgan fingerprint density at radius 3 is 2.50 bits per heavy atom. The third-order valence-corrected chi connectivity index (χ3v) is 3.74. The molecule has 110 valence electrons. The molecule has 1 aromatic carbocycles. The standard InChI is InChI=1S/C14H17Cl2NO3/c1-14(2)17(13(18)12(15)16)8-11(20-14)9-4-6-10(19-3)7-5-9/h4-7,11-12H,8H2,1-3H3. The summed E-state index contributed by atoms with van der Waals surface area (Å²) in [6.45, 7) is 4.07. The molecule has 0 aromatic heterocycles. The van der Waals surface area contributed by atoms with Crippen molar-refractivity contribution in [3.05, 3.63) is 29.8 Å². The molecule has 1 saturated heterocycles. The van der Waals surface area contributed by atoms with Crippen molar-refractivity contribution in [3.63, 3.8) is 0 Å². The summed E-state index contributed by atoms with van der Waals surface area (Å²) in [5.41, 5.74) is 0.249. The first-order valence-corrected chi connectivity index (χ1v) is 7.14. The summed E-state index contributed by atoms with van der Waals surface area (Å²) in [5, 5.41) is 0. The van der Waals surface area contributed by atoms with E-state index in [-0.39, 0.29) is 12.0 Å². The first-order valence-electron chi connectivity index (χ1n) is 6.26. The molecule has 0 radical (unpaired) electrons. The van der Waals surface area contributed by atoms with Gasteiger partial charge in [-0.15, -0.1) is 0 Å². The van der Waals surface area contributed by atoms with Crippen LogP contribution in [-0.4, -0.2) is 35.0 Å². The van der Waals surface area contributed by atoms with Gasteiger partial charge in [-0.2, -0.15) is 0 Å². The molecule has 1 heterocycles. The van der Waals surface area contributed by atoms with E-state index in [9.17, 15) is 4.79 Å². The number of benzene rings is 1. The summed E-state index contributed by atoms with van der Waals surface area (Å²) in [7, 11) is 1.62. The van der Waals surface area contributed by atoms with E-state index >= 15 is 0 Å². The first kappa shape index (κ1) is 15.4. The highest BCUT2D eigenvalue weighted by atomic mass is 35.5. The van der Waals surface area contributed by atoms with Gasteiger partial charge >= 0.3 is 0 Å². The fraction of sp³-hybridized carbons (Fsp3) is 0.500. The zero-order valence-electron chi connectivity index (χ0n) is 11.6. The molecular formula is C14H17Cl2NO3. The minimum Gasteiger partial charge on any atom is -0.497 e. The fourth-order valence-corrected chi connectivity index (χ4v) is 2.54. The highest BCUT2D eigenvalue weighted by Gasteiger charge is 2.44. The molecular weight excluding hydrogens is 301 g/mol. The van der Waals surface area contributed by atoms with E-state index in [2.05, 4.69) is 0 Å². The number of nitrogens with zero attached hydrogens (tertiary/aromatic N) is 1. The number of alkyl halides is 2. The predicted molar refractivity (Wildman–Crippen MR) is 78.1 cm³/mol. The van der Waals surface area contributed by atoms with Crippen LogP contribution in [-0.2, 0) is 9.53 Å². The Morgan fingerprint density at radius 1 is 1.40 bits per heavy atom. The Kier molecular flexibility index (Phi) is 4.47. The van der Waals surface area contributed by atoms with E-state index in [4.69, 9.17) is 32.7 Å². The van der Waals surface area contributed by atoms with Crippen molar-refractivity contribution < 1.29 is 14.3 Å². The number of hydrogen-bond donors (Lipinski definition) is 0. The molecule has 0 saturated carbocycles. The van der Waals surface area contributed by atoms with Crippen molar-refractivity contribution in [2.75, 3.05) is 13.7 Å². The van der Waals surface area contributed by atoms with Crippen molar-refractivity contribution in [1.82, 2.24) is 4.90 Å². The number of halogens is 2. The second-order valence-electron chi connectivity index (χ2n) is 5.08. The number of amides is 1. The molecule has 0 bridgehead atoms. The second-order valence-corrected chi connectivity index (χ2v) is 6.17. The van der Waals surface area contributed by atoms with Gasteiger partial charge in [0.1, 0.15) is 17.6 Å². The summed E-state index contributed by atoms with van der Waals surface area (Å²) in [6.07, 6.45) is -0.202. The number of carbonyl (C=O) groups is 1. The molecule has 4 nitrogen and oxygen atoms in total. The topological polar surface area (TPSA) is 38.8 Å². The maximum atomic E-state index is 12.0. The van der Waals surface area contributed by atoms with Crippen LogP contribution in [0.1, 0.15) is 25.5 Å². The minimum atomic E-state index is -1.08. The van der Waals surface area contributed by atoms with Gasteiger partial charge in [-0.3, -0.25) is 4.79 Å². The van der Waals surface area contributed by atoms with Gasteiger partial charge in [-0.25, -0.2) is 0 Å². The molecule has 0 aliphatic carbocycles. The maximum absolute atomic E-state index is 12.0.